The lowest BCUT2D eigenvalue weighted by Crippen LogP contribution is -2.28. The van der Waals surface area contributed by atoms with E-state index in [-0.39, 0.29) is 11.5 Å². The fourth-order valence-corrected chi connectivity index (χ4v) is 3.48. The number of aromatic nitrogens is 5. The van der Waals surface area contributed by atoms with E-state index >= 15 is 0 Å². The summed E-state index contributed by atoms with van der Waals surface area (Å²) in [6.07, 6.45) is 5.02. The zero-order chi connectivity index (χ0) is 19.0. The molecule has 1 aromatic carbocycles. The monoisotopic (exact) mass is 366 g/mol. The lowest BCUT2D eigenvalue weighted by Gasteiger charge is -2.26. The Labute approximate surface area is 158 Å². The molecule has 7 heteroatoms. The first-order valence-corrected chi connectivity index (χ1v) is 9.54. The molecule has 1 aliphatic rings. The van der Waals surface area contributed by atoms with Gasteiger partial charge >= 0.3 is 0 Å². The average molecular weight is 366 g/mol. The van der Waals surface area contributed by atoms with E-state index in [9.17, 15) is 5.11 Å². The number of aliphatic hydroxyl groups is 1. The Bertz CT molecular complexity index is 920. The Balaban J connectivity index is 1.60. The molecular weight excluding hydrogens is 340 g/mol. The van der Waals surface area contributed by atoms with Crippen LogP contribution in [-0.4, -0.2) is 42.2 Å². The summed E-state index contributed by atoms with van der Waals surface area (Å²) in [5, 5.41) is 21.5. The molecule has 0 amide bonds. The second kappa shape index (κ2) is 6.88. The number of benzene rings is 1. The van der Waals surface area contributed by atoms with E-state index in [2.05, 4.69) is 58.5 Å². The van der Waals surface area contributed by atoms with E-state index in [1.807, 2.05) is 12.1 Å². The maximum Gasteiger partial charge on any atom is 0.225 e. The third-order valence-electron chi connectivity index (χ3n) is 5.20. The summed E-state index contributed by atoms with van der Waals surface area (Å²) in [5.74, 6) is 0.582. The van der Waals surface area contributed by atoms with E-state index in [0.717, 1.165) is 31.4 Å². The number of nitrogens with one attached hydrogen (secondary N) is 1. The summed E-state index contributed by atoms with van der Waals surface area (Å²) in [7, 11) is 0. The molecule has 3 aromatic rings. The Morgan fingerprint density at radius 1 is 1.07 bits per heavy atom. The van der Waals surface area contributed by atoms with Crippen molar-refractivity contribution in [2.24, 2.45) is 0 Å². The topological polar surface area (TPSA) is 88.8 Å². The van der Waals surface area contributed by atoms with Crippen LogP contribution in [0.1, 0.15) is 52.0 Å². The van der Waals surface area contributed by atoms with Crippen molar-refractivity contribution in [2.75, 3.05) is 5.32 Å². The van der Waals surface area contributed by atoms with Crippen molar-refractivity contribution in [2.45, 2.75) is 64.0 Å². The molecule has 2 N–H and O–H groups in total. The number of hydrogen-bond acceptors (Lipinski definition) is 6. The lowest BCUT2D eigenvalue weighted by molar-refractivity contribution is 0.126. The van der Waals surface area contributed by atoms with Crippen molar-refractivity contribution < 1.29 is 5.11 Å². The average Bonchev–Trinajstić information content (AvgIpc) is 3.06. The zero-order valence-corrected chi connectivity index (χ0v) is 16.1. The molecule has 0 unspecified atom stereocenters. The second-order valence-corrected chi connectivity index (χ2v) is 8.35. The molecule has 0 bridgehead atoms. The summed E-state index contributed by atoms with van der Waals surface area (Å²) in [4.78, 5) is 9.02. The summed E-state index contributed by atoms with van der Waals surface area (Å²) >= 11 is 0. The highest BCUT2D eigenvalue weighted by molar-refractivity contribution is 5.72. The van der Waals surface area contributed by atoms with Gasteiger partial charge in [-0.05, 0) is 48.8 Å². The van der Waals surface area contributed by atoms with Gasteiger partial charge in [-0.3, -0.25) is 0 Å². The normalized spacial score (nSPS) is 20.7. The quantitative estimate of drug-likeness (QED) is 0.740. The number of nitrogens with zero attached hydrogens (tertiary/aromatic N) is 5. The molecule has 1 saturated carbocycles. The number of hydrogen-bond donors (Lipinski definition) is 2. The number of aliphatic hydroxyl groups excluding tert-OH is 1. The fourth-order valence-electron chi connectivity index (χ4n) is 3.48. The van der Waals surface area contributed by atoms with E-state index < -0.39 is 0 Å². The number of anilines is 1. The van der Waals surface area contributed by atoms with Crippen LogP contribution < -0.4 is 5.32 Å². The molecule has 0 radical (unpaired) electrons. The highest BCUT2D eigenvalue weighted by Gasteiger charge is 2.20. The van der Waals surface area contributed by atoms with Crippen LogP contribution in [-0.2, 0) is 5.41 Å². The van der Waals surface area contributed by atoms with Crippen LogP contribution >= 0.6 is 0 Å². The summed E-state index contributed by atoms with van der Waals surface area (Å²) < 4.78 is 1.75. The lowest BCUT2D eigenvalue weighted by atomic mass is 9.87. The number of fused-ring (bicyclic) bond motifs is 1. The van der Waals surface area contributed by atoms with E-state index in [1.54, 1.807) is 10.9 Å². The van der Waals surface area contributed by atoms with E-state index in [1.165, 1.54) is 5.56 Å². The van der Waals surface area contributed by atoms with Gasteiger partial charge in [0.15, 0.2) is 11.2 Å². The molecule has 2 aromatic heterocycles. The van der Waals surface area contributed by atoms with Crippen LogP contribution in [0.25, 0.3) is 16.9 Å². The molecule has 1 aliphatic carbocycles. The molecule has 7 nitrogen and oxygen atoms in total. The number of rotatable bonds is 3. The minimum Gasteiger partial charge on any atom is -0.393 e. The molecule has 4 rings (SSSR count). The van der Waals surface area contributed by atoms with Gasteiger partial charge in [-0.25, -0.2) is 4.98 Å². The van der Waals surface area contributed by atoms with Crippen molar-refractivity contribution in [3.63, 3.8) is 0 Å². The molecule has 0 aliphatic heterocycles. The van der Waals surface area contributed by atoms with Crippen molar-refractivity contribution in [1.82, 2.24) is 25.0 Å². The highest BCUT2D eigenvalue weighted by atomic mass is 16.3. The van der Waals surface area contributed by atoms with Crippen molar-refractivity contribution in [3.8, 4) is 5.69 Å². The first-order chi connectivity index (χ1) is 12.9. The predicted octanol–water partition coefficient (Wildman–Crippen LogP) is 3.22. The Morgan fingerprint density at radius 3 is 2.44 bits per heavy atom. The molecule has 142 valence electrons. The van der Waals surface area contributed by atoms with E-state index in [0.29, 0.717) is 23.2 Å². The third-order valence-corrected chi connectivity index (χ3v) is 5.20. The molecule has 2 heterocycles. The molecular formula is C20H26N6O. The van der Waals surface area contributed by atoms with Gasteiger partial charge in [-0.1, -0.05) is 38.1 Å². The molecule has 0 saturated heterocycles. The van der Waals surface area contributed by atoms with Gasteiger partial charge in [-0.2, -0.15) is 9.67 Å². The standard InChI is InChI=1S/C20H26N6O/c1-20(2,3)13-4-8-15(9-5-13)26-18-17(24-25-26)12-21-19(23-18)22-14-6-10-16(27)11-7-14/h4-5,8-9,12,14,16,27H,6-7,10-11H2,1-3H3,(H,21,22,23). The van der Waals surface area contributed by atoms with Crippen molar-refractivity contribution in [1.29, 1.82) is 0 Å². The molecule has 0 atom stereocenters. The van der Waals surface area contributed by atoms with Crippen LogP contribution in [0.3, 0.4) is 0 Å². The largest absolute Gasteiger partial charge is 0.393 e. The highest BCUT2D eigenvalue weighted by Crippen LogP contribution is 2.25. The smallest absolute Gasteiger partial charge is 0.225 e. The summed E-state index contributed by atoms with van der Waals surface area (Å²) in [6.45, 7) is 6.59. The van der Waals surface area contributed by atoms with Crippen molar-refractivity contribution in [3.05, 3.63) is 36.0 Å². The fraction of sp³-hybridized carbons (Fsp3) is 0.500. The van der Waals surface area contributed by atoms with Gasteiger partial charge in [0.2, 0.25) is 5.95 Å². The van der Waals surface area contributed by atoms with Crippen LogP contribution in [0, 0.1) is 0 Å². The zero-order valence-electron chi connectivity index (χ0n) is 16.1. The summed E-state index contributed by atoms with van der Waals surface area (Å²) in [6, 6.07) is 8.63. The van der Waals surface area contributed by atoms with Gasteiger partial charge < -0.3 is 10.4 Å². The van der Waals surface area contributed by atoms with Crippen LogP contribution in [0.5, 0.6) is 0 Å². The van der Waals surface area contributed by atoms with Crippen LogP contribution in [0.15, 0.2) is 30.5 Å². The SMILES string of the molecule is CC(C)(C)c1ccc(-n2nnc3cnc(NC4CCC(O)CC4)nc32)cc1. The Kier molecular flexibility index (Phi) is 4.55. The maximum atomic E-state index is 9.66. The first-order valence-electron chi connectivity index (χ1n) is 9.54. The Hall–Kier alpha value is -2.54. The van der Waals surface area contributed by atoms with Crippen molar-refractivity contribution >= 4 is 17.1 Å². The van der Waals surface area contributed by atoms with Gasteiger partial charge in [0, 0.05) is 6.04 Å². The first kappa shape index (κ1) is 17.9. The van der Waals surface area contributed by atoms with Crippen LogP contribution in [0.4, 0.5) is 5.95 Å². The predicted molar refractivity (Wildman–Crippen MR) is 105 cm³/mol. The van der Waals surface area contributed by atoms with Gasteiger partial charge in [0.1, 0.15) is 0 Å². The molecule has 1 fully saturated rings. The van der Waals surface area contributed by atoms with Gasteiger partial charge in [0.05, 0.1) is 18.0 Å². The minimum atomic E-state index is -0.173. The summed E-state index contributed by atoms with van der Waals surface area (Å²) in [5.41, 5.74) is 3.66. The van der Waals surface area contributed by atoms with Gasteiger partial charge in [0.25, 0.3) is 0 Å². The Morgan fingerprint density at radius 2 is 1.78 bits per heavy atom. The molecule has 27 heavy (non-hydrogen) atoms. The molecule has 0 spiro atoms. The third kappa shape index (κ3) is 3.78. The second-order valence-electron chi connectivity index (χ2n) is 8.35. The van der Waals surface area contributed by atoms with Crippen LogP contribution in [0.2, 0.25) is 0 Å². The van der Waals surface area contributed by atoms with E-state index in [4.69, 9.17) is 0 Å². The minimum absolute atomic E-state index is 0.107. The maximum absolute atomic E-state index is 9.66. The van der Waals surface area contributed by atoms with Gasteiger partial charge in [-0.15, -0.1) is 5.10 Å².